The van der Waals surface area contributed by atoms with Gasteiger partial charge in [-0.1, -0.05) is 54.6 Å². The summed E-state index contributed by atoms with van der Waals surface area (Å²) in [5.41, 5.74) is 7.26. The number of benzene rings is 3. The molecule has 0 aliphatic heterocycles. The Hall–Kier alpha value is -4.26. The van der Waals surface area contributed by atoms with Gasteiger partial charge in [0, 0.05) is 11.6 Å². The third kappa shape index (κ3) is 6.12. The maximum Gasteiger partial charge on any atom is 0.276 e. The van der Waals surface area contributed by atoms with E-state index in [4.69, 9.17) is 14.2 Å². The van der Waals surface area contributed by atoms with Crippen LogP contribution in [-0.2, 0) is 9.59 Å². The molecule has 0 unspecified atom stereocenters. The lowest BCUT2D eigenvalue weighted by atomic mass is 10.1. The quantitative estimate of drug-likeness (QED) is 0.420. The van der Waals surface area contributed by atoms with Crippen LogP contribution in [0.15, 0.2) is 78.9 Å². The van der Waals surface area contributed by atoms with Crippen molar-refractivity contribution in [3.8, 4) is 28.4 Å². The summed E-state index contributed by atoms with van der Waals surface area (Å²) in [7, 11) is 3.08. The molecule has 0 bridgehead atoms. The van der Waals surface area contributed by atoms with Crippen molar-refractivity contribution in [2.24, 2.45) is 0 Å². The van der Waals surface area contributed by atoms with Gasteiger partial charge in [-0.25, -0.2) is 0 Å². The summed E-state index contributed by atoms with van der Waals surface area (Å²) in [6.07, 6.45) is 2.89. The van der Waals surface area contributed by atoms with Crippen LogP contribution in [0.25, 0.3) is 17.2 Å². The molecule has 0 fully saturated rings. The summed E-state index contributed by atoms with van der Waals surface area (Å²) in [6.45, 7) is -0.247. The third-order valence-corrected chi connectivity index (χ3v) is 4.49. The van der Waals surface area contributed by atoms with E-state index in [9.17, 15) is 9.59 Å². The fraction of sp³-hybridized carbons (Fsp3) is 0.120. The number of ether oxygens (including phenoxy) is 3. The first kappa shape index (κ1) is 22.4. The second kappa shape index (κ2) is 11.2. The van der Waals surface area contributed by atoms with Crippen LogP contribution in [0.2, 0.25) is 0 Å². The monoisotopic (exact) mass is 432 g/mol. The van der Waals surface area contributed by atoms with E-state index in [1.807, 2.05) is 48.5 Å². The van der Waals surface area contributed by atoms with Crippen molar-refractivity contribution in [2.75, 3.05) is 20.8 Å². The molecule has 0 aliphatic carbocycles. The van der Waals surface area contributed by atoms with E-state index >= 15 is 0 Å². The van der Waals surface area contributed by atoms with Crippen molar-refractivity contribution in [1.29, 1.82) is 0 Å². The van der Waals surface area contributed by atoms with Gasteiger partial charge in [-0.2, -0.15) is 0 Å². The van der Waals surface area contributed by atoms with Gasteiger partial charge in [0.05, 0.1) is 14.2 Å². The predicted molar refractivity (Wildman–Crippen MR) is 122 cm³/mol. The average molecular weight is 432 g/mol. The number of hydrazine groups is 1. The lowest BCUT2D eigenvalue weighted by Gasteiger charge is -2.12. The molecule has 0 atom stereocenters. The van der Waals surface area contributed by atoms with Gasteiger partial charge in [0.1, 0.15) is 5.75 Å². The highest BCUT2D eigenvalue weighted by Gasteiger charge is 2.09. The van der Waals surface area contributed by atoms with Crippen LogP contribution in [0.5, 0.6) is 17.2 Å². The number of para-hydroxylation sites is 1. The highest BCUT2D eigenvalue weighted by atomic mass is 16.5. The number of methoxy groups -OCH3 is 2. The Labute approximate surface area is 186 Å². The molecule has 0 heterocycles. The van der Waals surface area contributed by atoms with E-state index in [0.717, 1.165) is 16.7 Å². The minimum atomic E-state index is -0.488. The Kier molecular flexibility index (Phi) is 7.86. The number of hydrogen-bond donors (Lipinski definition) is 2. The van der Waals surface area contributed by atoms with Crippen molar-refractivity contribution in [2.45, 2.75) is 0 Å². The molecule has 7 heteroatoms. The first-order chi connectivity index (χ1) is 15.6. The SMILES string of the molecule is COc1ccc(C=CC(=O)NNC(=O)COc2ccccc2-c2ccccc2)cc1OC. The fourth-order valence-electron chi connectivity index (χ4n) is 2.93. The summed E-state index contributed by atoms with van der Waals surface area (Å²) >= 11 is 0. The van der Waals surface area contributed by atoms with Crippen LogP contribution < -0.4 is 25.1 Å². The van der Waals surface area contributed by atoms with Crippen molar-refractivity contribution >= 4 is 17.9 Å². The predicted octanol–water partition coefficient (Wildman–Crippen LogP) is 3.61. The molecule has 3 rings (SSSR count). The lowest BCUT2D eigenvalue weighted by molar-refractivity contribution is -0.128. The molecule has 32 heavy (non-hydrogen) atoms. The molecule has 0 saturated heterocycles. The smallest absolute Gasteiger partial charge is 0.276 e. The van der Waals surface area contributed by atoms with Crippen molar-refractivity contribution in [1.82, 2.24) is 10.9 Å². The summed E-state index contributed by atoms with van der Waals surface area (Å²) in [5.74, 6) is 0.749. The van der Waals surface area contributed by atoms with Crippen LogP contribution in [0.1, 0.15) is 5.56 Å². The van der Waals surface area contributed by atoms with Gasteiger partial charge in [-0.3, -0.25) is 20.4 Å². The maximum absolute atomic E-state index is 12.1. The van der Waals surface area contributed by atoms with E-state index < -0.39 is 11.8 Å². The zero-order chi connectivity index (χ0) is 22.8. The molecule has 2 N–H and O–H groups in total. The molecule has 0 aromatic heterocycles. The van der Waals surface area contributed by atoms with Gasteiger partial charge in [-0.15, -0.1) is 0 Å². The first-order valence-corrected chi connectivity index (χ1v) is 9.87. The minimum Gasteiger partial charge on any atom is -0.493 e. The molecular formula is C25H24N2O5. The lowest BCUT2D eigenvalue weighted by Crippen LogP contribution is -2.43. The maximum atomic E-state index is 12.1. The van der Waals surface area contributed by atoms with Crippen LogP contribution >= 0.6 is 0 Å². The van der Waals surface area contributed by atoms with Crippen LogP contribution in [-0.4, -0.2) is 32.6 Å². The van der Waals surface area contributed by atoms with Gasteiger partial charge >= 0.3 is 0 Å². The first-order valence-electron chi connectivity index (χ1n) is 9.87. The molecule has 2 amide bonds. The van der Waals surface area contributed by atoms with E-state index in [1.54, 1.807) is 37.5 Å². The van der Waals surface area contributed by atoms with E-state index in [1.165, 1.54) is 13.2 Å². The van der Waals surface area contributed by atoms with Crippen LogP contribution in [0.4, 0.5) is 0 Å². The molecule has 7 nitrogen and oxygen atoms in total. The summed E-state index contributed by atoms with van der Waals surface area (Å²) < 4.78 is 16.1. The molecule has 0 aliphatic rings. The Morgan fingerprint density at radius 2 is 1.53 bits per heavy atom. The Balaban J connectivity index is 1.51. The average Bonchev–Trinajstić information content (AvgIpc) is 2.85. The van der Waals surface area contributed by atoms with Crippen molar-refractivity contribution in [3.05, 3.63) is 84.4 Å². The van der Waals surface area contributed by atoms with E-state index in [0.29, 0.717) is 17.2 Å². The third-order valence-electron chi connectivity index (χ3n) is 4.49. The normalized spacial score (nSPS) is 10.4. The Bertz CT molecular complexity index is 1100. The molecular weight excluding hydrogens is 408 g/mol. The topological polar surface area (TPSA) is 85.9 Å². The fourth-order valence-corrected chi connectivity index (χ4v) is 2.93. The number of amides is 2. The second-order valence-corrected chi connectivity index (χ2v) is 6.64. The zero-order valence-corrected chi connectivity index (χ0v) is 17.8. The van der Waals surface area contributed by atoms with Crippen molar-refractivity contribution in [3.63, 3.8) is 0 Å². The molecule has 164 valence electrons. The molecule has 3 aromatic rings. The number of rotatable bonds is 8. The van der Waals surface area contributed by atoms with Gasteiger partial charge in [0.25, 0.3) is 11.8 Å². The number of carbonyl (C=O) groups excluding carboxylic acids is 2. The molecule has 0 radical (unpaired) electrons. The van der Waals surface area contributed by atoms with Gasteiger partial charge < -0.3 is 14.2 Å². The van der Waals surface area contributed by atoms with Crippen molar-refractivity contribution < 1.29 is 23.8 Å². The Morgan fingerprint density at radius 1 is 0.812 bits per heavy atom. The highest BCUT2D eigenvalue weighted by molar-refractivity contribution is 5.93. The minimum absolute atomic E-state index is 0.247. The zero-order valence-electron chi connectivity index (χ0n) is 17.8. The molecule has 0 spiro atoms. The number of carbonyl (C=O) groups is 2. The second-order valence-electron chi connectivity index (χ2n) is 6.64. The van der Waals surface area contributed by atoms with Gasteiger partial charge in [-0.05, 0) is 35.4 Å². The number of nitrogens with one attached hydrogen (secondary N) is 2. The van der Waals surface area contributed by atoms with Gasteiger partial charge in [0.15, 0.2) is 18.1 Å². The Morgan fingerprint density at radius 3 is 2.28 bits per heavy atom. The number of hydrogen-bond acceptors (Lipinski definition) is 5. The highest BCUT2D eigenvalue weighted by Crippen LogP contribution is 2.29. The van der Waals surface area contributed by atoms with E-state index in [2.05, 4.69) is 10.9 Å². The molecule has 3 aromatic carbocycles. The summed E-state index contributed by atoms with van der Waals surface area (Å²) in [5, 5.41) is 0. The van der Waals surface area contributed by atoms with Gasteiger partial charge in [0.2, 0.25) is 0 Å². The summed E-state index contributed by atoms with van der Waals surface area (Å²) in [4.78, 5) is 24.1. The molecule has 0 saturated carbocycles. The standard InChI is InChI=1S/C25H24N2O5/c1-30-22-14-12-18(16-23(22)31-2)13-15-24(28)26-27-25(29)17-32-21-11-7-6-10-20(21)19-8-4-3-5-9-19/h3-16H,17H2,1-2H3,(H,26,28)(H,27,29). The largest absolute Gasteiger partial charge is 0.493 e. The van der Waals surface area contributed by atoms with Crippen LogP contribution in [0, 0.1) is 0 Å². The van der Waals surface area contributed by atoms with Crippen LogP contribution in [0.3, 0.4) is 0 Å². The summed E-state index contributed by atoms with van der Waals surface area (Å²) in [6, 6.07) is 22.4. The van der Waals surface area contributed by atoms with E-state index in [-0.39, 0.29) is 6.61 Å².